The van der Waals surface area contributed by atoms with Gasteiger partial charge in [0, 0.05) is 4.47 Å². The Balaban J connectivity index is 2.53. The maximum atomic E-state index is 11.4. The minimum Gasteiger partial charge on any atom is -0.508 e. The monoisotopic (exact) mass is 318 g/mol. The topological polar surface area (TPSA) is 57.5 Å². The highest BCUT2D eigenvalue weighted by atomic mass is 79.9. The highest BCUT2D eigenvalue weighted by molar-refractivity contribution is 9.10. The second kappa shape index (κ2) is 5.71. The zero-order valence-electron chi connectivity index (χ0n) is 9.88. The normalized spacial score (nSPS) is 11.3. The van der Waals surface area contributed by atoms with Crippen molar-refractivity contribution in [1.82, 2.24) is 0 Å². The molecule has 2 aromatic rings. The van der Waals surface area contributed by atoms with E-state index in [1.807, 2.05) is 24.3 Å². The summed E-state index contributed by atoms with van der Waals surface area (Å²) in [6, 6.07) is 13.5. The van der Waals surface area contributed by atoms with Crippen LogP contribution in [0.25, 0.3) is 11.6 Å². The molecule has 4 heteroatoms. The summed E-state index contributed by atoms with van der Waals surface area (Å²) in [5.74, 6) is -1.00. The van der Waals surface area contributed by atoms with Gasteiger partial charge < -0.3 is 10.2 Å². The molecule has 0 radical (unpaired) electrons. The molecular weight excluding hydrogens is 308 g/mol. The average Bonchev–Trinajstić information content (AvgIpc) is 2.37. The van der Waals surface area contributed by atoms with Crippen LogP contribution >= 0.6 is 15.9 Å². The zero-order chi connectivity index (χ0) is 13.8. The number of halogens is 1. The van der Waals surface area contributed by atoms with Crippen molar-refractivity contribution in [3.8, 4) is 5.75 Å². The minimum atomic E-state index is -1.04. The van der Waals surface area contributed by atoms with Crippen LogP contribution in [0.4, 0.5) is 0 Å². The number of aliphatic carboxylic acids is 1. The van der Waals surface area contributed by atoms with Crippen molar-refractivity contribution < 1.29 is 15.0 Å². The molecule has 0 atom stereocenters. The van der Waals surface area contributed by atoms with Crippen molar-refractivity contribution >= 4 is 33.5 Å². The third kappa shape index (κ3) is 3.23. The van der Waals surface area contributed by atoms with Gasteiger partial charge in [0.05, 0.1) is 5.57 Å². The fourth-order valence-electron chi connectivity index (χ4n) is 1.69. The molecule has 0 saturated heterocycles. The number of hydrogen-bond acceptors (Lipinski definition) is 2. The van der Waals surface area contributed by atoms with E-state index >= 15 is 0 Å². The summed E-state index contributed by atoms with van der Waals surface area (Å²) in [6.07, 6.45) is 1.57. The number of aromatic hydroxyl groups is 1. The average molecular weight is 319 g/mol. The summed E-state index contributed by atoms with van der Waals surface area (Å²) >= 11 is 3.37. The van der Waals surface area contributed by atoms with E-state index in [-0.39, 0.29) is 11.3 Å². The molecule has 0 heterocycles. The van der Waals surface area contributed by atoms with E-state index < -0.39 is 5.97 Å². The van der Waals surface area contributed by atoms with Crippen molar-refractivity contribution in [3.63, 3.8) is 0 Å². The smallest absolute Gasteiger partial charge is 0.336 e. The Morgan fingerprint density at radius 1 is 1.11 bits per heavy atom. The molecule has 19 heavy (non-hydrogen) atoms. The number of phenols is 1. The van der Waals surface area contributed by atoms with Gasteiger partial charge in [0.1, 0.15) is 5.75 Å². The fraction of sp³-hybridized carbons (Fsp3) is 0. The quantitative estimate of drug-likeness (QED) is 0.669. The molecule has 0 amide bonds. The first-order chi connectivity index (χ1) is 9.08. The summed E-state index contributed by atoms with van der Waals surface area (Å²) in [4.78, 5) is 11.4. The van der Waals surface area contributed by atoms with Gasteiger partial charge in [-0.05, 0) is 35.4 Å². The van der Waals surface area contributed by atoms with Gasteiger partial charge in [-0.2, -0.15) is 0 Å². The molecule has 0 aliphatic rings. The number of carboxylic acid groups (broad SMARTS) is 1. The van der Waals surface area contributed by atoms with Crippen LogP contribution in [0.1, 0.15) is 11.1 Å². The van der Waals surface area contributed by atoms with Crippen molar-refractivity contribution in [2.75, 3.05) is 0 Å². The van der Waals surface area contributed by atoms with Gasteiger partial charge in [0.25, 0.3) is 0 Å². The first-order valence-corrected chi connectivity index (χ1v) is 6.36. The van der Waals surface area contributed by atoms with Gasteiger partial charge in [-0.15, -0.1) is 0 Å². The second-order valence-electron chi connectivity index (χ2n) is 3.94. The van der Waals surface area contributed by atoms with Gasteiger partial charge in [-0.1, -0.05) is 46.3 Å². The van der Waals surface area contributed by atoms with E-state index in [0.717, 1.165) is 10.0 Å². The third-order valence-corrected chi connectivity index (χ3v) is 3.31. The predicted molar refractivity (Wildman–Crippen MR) is 77.8 cm³/mol. The van der Waals surface area contributed by atoms with Gasteiger partial charge >= 0.3 is 5.97 Å². The lowest BCUT2D eigenvalue weighted by Crippen LogP contribution is -1.99. The molecule has 0 fully saturated rings. The highest BCUT2D eigenvalue weighted by Gasteiger charge is 2.11. The molecule has 0 aromatic heterocycles. The second-order valence-corrected chi connectivity index (χ2v) is 4.79. The van der Waals surface area contributed by atoms with Crippen LogP contribution in [0, 0.1) is 0 Å². The number of phenolic OH excluding ortho intramolecular Hbond substituents is 1. The molecule has 0 bridgehead atoms. The van der Waals surface area contributed by atoms with Crippen LogP contribution in [0.3, 0.4) is 0 Å². The lowest BCUT2D eigenvalue weighted by atomic mass is 10.0. The minimum absolute atomic E-state index is 0.0387. The fourth-order valence-corrected chi connectivity index (χ4v) is 2.09. The van der Waals surface area contributed by atoms with Crippen LogP contribution in [-0.2, 0) is 4.79 Å². The van der Waals surface area contributed by atoms with Crippen molar-refractivity contribution in [3.05, 3.63) is 64.1 Å². The summed E-state index contributed by atoms with van der Waals surface area (Å²) in [5.41, 5.74) is 1.36. The van der Waals surface area contributed by atoms with E-state index in [1.165, 1.54) is 12.1 Å². The zero-order valence-corrected chi connectivity index (χ0v) is 11.5. The van der Waals surface area contributed by atoms with Crippen LogP contribution in [0.15, 0.2) is 53.0 Å². The van der Waals surface area contributed by atoms with Gasteiger partial charge in [-0.3, -0.25) is 0 Å². The molecule has 0 unspecified atom stereocenters. The van der Waals surface area contributed by atoms with Gasteiger partial charge in [0.15, 0.2) is 0 Å². The van der Waals surface area contributed by atoms with Crippen LogP contribution in [0.5, 0.6) is 5.75 Å². The SMILES string of the molecule is O=C(O)/C(=C\c1ccccc1Br)c1cccc(O)c1. The molecular formula is C15H11BrO3. The Hall–Kier alpha value is -2.07. The van der Waals surface area contributed by atoms with Crippen LogP contribution in [-0.4, -0.2) is 16.2 Å². The van der Waals surface area contributed by atoms with Crippen LogP contribution < -0.4 is 0 Å². The first-order valence-electron chi connectivity index (χ1n) is 5.57. The first kappa shape index (κ1) is 13.4. The Morgan fingerprint density at radius 2 is 1.84 bits per heavy atom. The largest absolute Gasteiger partial charge is 0.508 e. The standard InChI is InChI=1S/C15H11BrO3/c16-14-7-2-1-4-11(14)9-13(15(18)19)10-5-3-6-12(17)8-10/h1-9,17H,(H,18,19)/b13-9-. The highest BCUT2D eigenvalue weighted by Crippen LogP contribution is 2.25. The van der Waals surface area contributed by atoms with E-state index in [9.17, 15) is 15.0 Å². The lowest BCUT2D eigenvalue weighted by Gasteiger charge is -2.05. The van der Waals surface area contributed by atoms with Crippen LogP contribution in [0.2, 0.25) is 0 Å². The molecule has 0 spiro atoms. The summed E-state index contributed by atoms with van der Waals surface area (Å²) in [6.45, 7) is 0. The number of benzene rings is 2. The third-order valence-electron chi connectivity index (χ3n) is 2.59. The molecule has 2 N–H and O–H groups in total. The number of hydrogen-bond donors (Lipinski definition) is 2. The van der Waals surface area contributed by atoms with E-state index in [2.05, 4.69) is 15.9 Å². The van der Waals surface area contributed by atoms with Gasteiger partial charge in [-0.25, -0.2) is 4.79 Å². The predicted octanol–water partition coefficient (Wildman–Crippen LogP) is 3.78. The van der Waals surface area contributed by atoms with Crippen molar-refractivity contribution in [2.45, 2.75) is 0 Å². The summed E-state index contributed by atoms with van der Waals surface area (Å²) < 4.78 is 0.814. The lowest BCUT2D eigenvalue weighted by molar-refractivity contribution is -0.130. The summed E-state index contributed by atoms with van der Waals surface area (Å²) in [7, 11) is 0. The molecule has 96 valence electrons. The number of carbonyl (C=O) groups is 1. The Morgan fingerprint density at radius 3 is 2.47 bits per heavy atom. The Labute approximate surface area is 119 Å². The Kier molecular flexibility index (Phi) is 4.02. The van der Waals surface area contributed by atoms with Crippen molar-refractivity contribution in [2.24, 2.45) is 0 Å². The van der Waals surface area contributed by atoms with Crippen molar-refractivity contribution in [1.29, 1.82) is 0 Å². The maximum absolute atomic E-state index is 11.4. The summed E-state index contributed by atoms with van der Waals surface area (Å²) in [5, 5.41) is 18.7. The maximum Gasteiger partial charge on any atom is 0.336 e. The van der Waals surface area contributed by atoms with Gasteiger partial charge in [0.2, 0.25) is 0 Å². The molecule has 2 aromatic carbocycles. The molecule has 0 aliphatic heterocycles. The molecule has 0 aliphatic carbocycles. The van der Waals surface area contributed by atoms with E-state index in [4.69, 9.17) is 0 Å². The van der Waals surface area contributed by atoms with E-state index in [1.54, 1.807) is 18.2 Å². The number of carboxylic acids is 1. The molecule has 2 rings (SSSR count). The molecule has 3 nitrogen and oxygen atoms in total. The van der Waals surface area contributed by atoms with E-state index in [0.29, 0.717) is 5.56 Å². The Bertz CT molecular complexity index is 647. The molecule has 0 saturated carbocycles. The number of rotatable bonds is 3.